The number of carbonyl (C=O) groups is 1. The van der Waals surface area contributed by atoms with Crippen molar-refractivity contribution in [2.75, 3.05) is 4.90 Å². The SMILES string of the molecule is O=C(N/N=C\c1ccc(N(c2ccccc2)c2ccccc2)cc1)c1ccc(F)cc1. The molecule has 4 nitrogen and oxygen atoms in total. The number of rotatable bonds is 6. The van der Waals surface area contributed by atoms with E-state index in [-0.39, 0.29) is 5.82 Å². The molecule has 0 saturated carbocycles. The first-order valence-corrected chi connectivity index (χ1v) is 9.80. The number of carbonyl (C=O) groups excluding carboxylic acids is 1. The first kappa shape index (κ1) is 20.0. The normalized spacial score (nSPS) is 10.7. The van der Waals surface area contributed by atoms with Crippen molar-refractivity contribution in [3.8, 4) is 0 Å². The number of hydrazone groups is 1. The van der Waals surface area contributed by atoms with Crippen molar-refractivity contribution in [3.63, 3.8) is 0 Å². The molecule has 0 atom stereocenters. The summed E-state index contributed by atoms with van der Waals surface area (Å²) in [4.78, 5) is 14.2. The van der Waals surface area contributed by atoms with Gasteiger partial charge < -0.3 is 4.90 Å². The van der Waals surface area contributed by atoms with E-state index in [0.29, 0.717) is 5.56 Å². The highest BCUT2D eigenvalue weighted by atomic mass is 19.1. The Morgan fingerprint density at radius 3 is 1.77 bits per heavy atom. The van der Waals surface area contributed by atoms with Crippen molar-refractivity contribution in [1.29, 1.82) is 0 Å². The van der Waals surface area contributed by atoms with E-state index in [1.54, 1.807) is 6.21 Å². The van der Waals surface area contributed by atoms with Crippen LogP contribution in [-0.2, 0) is 0 Å². The van der Waals surface area contributed by atoms with Gasteiger partial charge in [0.25, 0.3) is 5.91 Å². The molecule has 0 heterocycles. The van der Waals surface area contributed by atoms with Crippen LogP contribution in [0.1, 0.15) is 15.9 Å². The molecular formula is C26H20FN3O. The van der Waals surface area contributed by atoms with Crippen molar-refractivity contribution < 1.29 is 9.18 Å². The molecule has 1 N–H and O–H groups in total. The molecular weight excluding hydrogens is 389 g/mol. The number of nitrogens with zero attached hydrogens (tertiary/aromatic N) is 2. The van der Waals surface area contributed by atoms with E-state index in [2.05, 4.69) is 39.7 Å². The van der Waals surface area contributed by atoms with Gasteiger partial charge in [0.1, 0.15) is 5.82 Å². The first-order valence-electron chi connectivity index (χ1n) is 9.80. The molecule has 4 rings (SSSR count). The quantitative estimate of drug-likeness (QED) is 0.311. The van der Waals surface area contributed by atoms with Gasteiger partial charge in [0.05, 0.1) is 6.21 Å². The summed E-state index contributed by atoms with van der Waals surface area (Å²) in [6, 6.07) is 33.5. The second-order valence-corrected chi connectivity index (χ2v) is 6.80. The average Bonchev–Trinajstić information content (AvgIpc) is 2.82. The molecule has 5 heteroatoms. The van der Waals surface area contributed by atoms with Crippen LogP contribution in [0, 0.1) is 5.82 Å². The summed E-state index contributed by atoms with van der Waals surface area (Å²) in [6.07, 6.45) is 1.57. The van der Waals surface area contributed by atoms with Crippen LogP contribution in [0.5, 0.6) is 0 Å². The molecule has 0 aromatic heterocycles. The van der Waals surface area contributed by atoms with Gasteiger partial charge in [-0.1, -0.05) is 48.5 Å². The van der Waals surface area contributed by atoms with Crippen molar-refractivity contribution in [2.24, 2.45) is 5.10 Å². The van der Waals surface area contributed by atoms with Crippen LogP contribution < -0.4 is 10.3 Å². The molecule has 0 saturated heterocycles. The third-order valence-electron chi connectivity index (χ3n) is 4.67. The van der Waals surface area contributed by atoms with Crippen molar-refractivity contribution in [3.05, 3.63) is 126 Å². The molecule has 0 aliphatic rings. The zero-order valence-electron chi connectivity index (χ0n) is 16.7. The molecule has 152 valence electrons. The average molecular weight is 409 g/mol. The summed E-state index contributed by atoms with van der Waals surface area (Å²) in [5.41, 5.74) is 6.75. The Hall–Kier alpha value is -4.25. The number of hydrogen-bond donors (Lipinski definition) is 1. The third kappa shape index (κ3) is 5.03. The van der Waals surface area contributed by atoms with E-state index in [4.69, 9.17) is 0 Å². The molecule has 0 spiro atoms. The lowest BCUT2D eigenvalue weighted by Gasteiger charge is -2.25. The van der Waals surface area contributed by atoms with E-state index in [0.717, 1.165) is 22.6 Å². The molecule has 0 radical (unpaired) electrons. The molecule has 31 heavy (non-hydrogen) atoms. The maximum atomic E-state index is 13.0. The molecule has 4 aromatic carbocycles. The number of benzene rings is 4. The predicted octanol–water partition coefficient (Wildman–Crippen LogP) is 6.06. The lowest BCUT2D eigenvalue weighted by molar-refractivity contribution is 0.0955. The van der Waals surface area contributed by atoms with Crippen molar-refractivity contribution >= 4 is 29.2 Å². The van der Waals surface area contributed by atoms with Crippen LogP contribution in [0.4, 0.5) is 21.5 Å². The first-order chi connectivity index (χ1) is 15.2. The van der Waals surface area contributed by atoms with Crippen molar-refractivity contribution in [1.82, 2.24) is 5.43 Å². The summed E-state index contributed by atoms with van der Waals surface area (Å²) in [5, 5.41) is 4.00. The highest BCUT2D eigenvalue weighted by Gasteiger charge is 2.11. The Kier molecular flexibility index (Phi) is 6.14. The van der Waals surface area contributed by atoms with Gasteiger partial charge in [-0.15, -0.1) is 0 Å². The Bertz CT molecular complexity index is 1120. The van der Waals surface area contributed by atoms with E-state index < -0.39 is 5.91 Å². The van der Waals surface area contributed by atoms with E-state index in [1.807, 2.05) is 60.7 Å². The Labute approximate surface area is 180 Å². The zero-order valence-corrected chi connectivity index (χ0v) is 16.7. The Balaban J connectivity index is 1.50. The molecule has 4 aromatic rings. The largest absolute Gasteiger partial charge is 0.311 e. The third-order valence-corrected chi connectivity index (χ3v) is 4.67. The topological polar surface area (TPSA) is 44.7 Å². The maximum Gasteiger partial charge on any atom is 0.271 e. The standard InChI is InChI=1S/C26H20FN3O/c27-22-15-13-21(14-16-22)26(31)29-28-19-20-11-17-25(18-12-20)30(23-7-3-1-4-8-23)24-9-5-2-6-10-24/h1-19H,(H,29,31)/b28-19-. The van der Waals surface area contributed by atoms with Gasteiger partial charge in [-0.3, -0.25) is 4.79 Å². The minimum absolute atomic E-state index is 0.343. The maximum absolute atomic E-state index is 13.0. The number of nitrogens with one attached hydrogen (secondary N) is 1. The van der Waals surface area contributed by atoms with Crippen LogP contribution in [0.25, 0.3) is 0 Å². The summed E-state index contributed by atoms with van der Waals surface area (Å²) in [5.74, 6) is -0.785. The smallest absolute Gasteiger partial charge is 0.271 e. The fourth-order valence-corrected chi connectivity index (χ4v) is 3.14. The number of para-hydroxylation sites is 2. The second-order valence-electron chi connectivity index (χ2n) is 6.80. The molecule has 1 amide bonds. The van der Waals surface area contributed by atoms with E-state index in [1.165, 1.54) is 24.3 Å². The van der Waals surface area contributed by atoms with E-state index >= 15 is 0 Å². The minimum Gasteiger partial charge on any atom is -0.311 e. The van der Waals surface area contributed by atoms with Crippen LogP contribution in [-0.4, -0.2) is 12.1 Å². The Morgan fingerprint density at radius 1 is 0.710 bits per heavy atom. The summed E-state index contributed by atoms with van der Waals surface area (Å²) < 4.78 is 13.0. The van der Waals surface area contributed by atoms with Crippen LogP contribution in [0.15, 0.2) is 114 Å². The van der Waals surface area contributed by atoms with Crippen molar-refractivity contribution in [2.45, 2.75) is 0 Å². The van der Waals surface area contributed by atoms with Crippen LogP contribution in [0.3, 0.4) is 0 Å². The van der Waals surface area contributed by atoms with Gasteiger partial charge >= 0.3 is 0 Å². The number of amides is 1. The Morgan fingerprint density at radius 2 is 1.23 bits per heavy atom. The van der Waals surface area contributed by atoms with Gasteiger partial charge in [0, 0.05) is 22.6 Å². The molecule has 0 aliphatic heterocycles. The van der Waals surface area contributed by atoms with Gasteiger partial charge in [0.2, 0.25) is 0 Å². The molecule has 0 unspecified atom stereocenters. The van der Waals surface area contributed by atoms with Gasteiger partial charge in [-0.05, 0) is 66.2 Å². The lowest BCUT2D eigenvalue weighted by Crippen LogP contribution is -2.17. The van der Waals surface area contributed by atoms with E-state index in [9.17, 15) is 9.18 Å². The summed E-state index contributed by atoms with van der Waals surface area (Å²) in [7, 11) is 0. The number of hydrogen-bond acceptors (Lipinski definition) is 3. The highest BCUT2D eigenvalue weighted by molar-refractivity contribution is 5.94. The number of halogens is 1. The van der Waals surface area contributed by atoms with Crippen LogP contribution in [0.2, 0.25) is 0 Å². The van der Waals surface area contributed by atoms with Gasteiger partial charge in [0.15, 0.2) is 0 Å². The summed E-state index contributed by atoms with van der Waals surface area (Å²) >= 11 is 0. The molecule has 0 fully saturated rings. The monoisotopic (exact) mass is 409 g/mol. The highest BCUT2D eigenvalue weighted by Crippen LogP contribution is 2.33. The lowest BCUT2D eigenvalue weighted by atomic mass is 10.1. The number of anilines is 3. The van der Waals surface area contributed by atoms with Crippen LogP contribution >= 0.6 is 0 Å². The minimum atomic E-state index is -0.396. The zero-order chi connectivity index (χ0) is 21.5. The van der Waals surface area contributed by atoms with Gasteiger partial charge in [-0.2, -0.15) is 5.10 Å². The predicted molar refractivity (Wildman–Crippen MR) is 123 cm³/mol. The molecule has 0 bridgehead atoms. The van der Waals surface area contributed by atoms with Gasteiger partial charge in [-0.25, -0.2) is 9.82 Å². The molecule has 0 aliphatic carbocycles. The fourth-order valence-electron chi connectivity index (χ4n) is 3.14. The fraction of sp³-hybridized carbons (Fsp3) is 0. The second kappa shape index (κ2) is 9.50. The summed E-state index contributed by atoms with van der Waals surface area (Å²) in [6.45, 7) is 0.